The molecule has 0 atom stereocenters. The molecule has 28 heavy (non-hydrogen) atoms. The van der Waals surface area contributed by atoms with E-state index in [-0.39, 0.29) is 22.9 Å². The van der Waals surface area contributed by atoms with Crippen molar-refractivity contribution in [2.75, 3.05) is 0 Å². The summed E-state index contributed by atoms with van der Waals surface area (Å²) in [5.74, 6) is -0.398. The van der Waals surface area contributed by atoms with Crippen molar-refractivity contribution in [2.45, 2.75) is 33.7 Å². The molecule has 3 rings (SSSR count). The average molecular weight is 444 g/mol. The summed E-state index contributed by atoms with van der Waals surface area (Å²) in [5, 5.41) is 29.2. The van der Waals surface area contributed by atoms with Gasteiger partial charge in [0.1, 0.15) is 5.75 Å². The minimum Gasteiger partial charge on any atom is -0.507 e. The number of aryl methyl sites for hydroxylation is 2. The molecule has 0 unspecified atom stereocenters. The van der Waals surface area contributed by atoms with Crippen LogP contribution in [0, 0.1) is 12.8 Å². The number of benzene rings is 2. The summed E-state index contributed by atoms with van der Waals surface area (Å²) < 4.78 is 2.44. The normalized spacial score (nSPS) is 11.8. The highest BCUT2D eigenvalue weighted by molar-refractivity contribution is 9.10. The maximum Gasteiger partial charge on any atom is 0.299 e. The van der Waals surface area contributed by atoms with Crippen molar-refractivity contribution in [1.82, 2.24) is 4.57 Å². The first-order valence-corrected chi connectivity index (χ1v) is 9.83. The van der Waals surface area contributed by atoms with Crippen LogP contribution in [0.15, 0.2) is 51.1 Å². The number of amides is 1. The van der Waals surface area contributed by atoms with Crippen LogP contribution >= 0.6 is 15.9 Å². The average Bonchev–Trinajstić information content (AvgIpc) is 2.90. The van der Waals surface area contributed by atoms with Crippen LogP contribution in [0.1, 0.15) is 36.2 Å². The van der Waals surface area contributed by atoms with E-state index in [4.69, 9.17) is 0 Å². The quantitative estimate of drug-likeness (QED) is 0.467. The number of halogens is 1. The van der Waals surface area contributed by atoms with E-state index in [1.54, 1.807) is 10.6 Å². The van der Waals surface area contributed by atoms with Crippen LogP contribution < -0.4 is 0 Å². The molecule has 0 radical (unpaired) electrons. The van der Waals surface area contributed by atoms with Gasteiger partial charge in [0.15, 0.2) is 5.69 Å². The van der Waals surface area contributed by atoms with Crippen LogP contribution in [0.5, 0.6) is 11.6 Å². The van der Waals surface area contributed by atoms with Gasteiger partial charge in [-0.25, -0.2) is 0 Å². The molecule has 2 aromatic carbocycles. The number of carbonyl (C=O) groups excluding carboxylic acids is 1. The molecule has 2 N–H and O–H groups in total. The van der Waals surface area contributed by atoms with Crippen LogP contribution in [0.3, 0.4) is 0 Å². The van der Waals surface area contributed by atoms with Gasteiger partial charge in [-0.1, -0.05) is 41.4 Å². The number of azo groups is 1. The summed E-state index contributed by atoms with van der Waals surface area (Å²) in [4.78, 5) is 12.4. The number of hydrogen-bond acceptors (Lipinski definition) is 4. The lowest BCUT2D eigenvalue weighted by Crippen LogP contribution is -2.00. The number of rotatable bonds is 5. The molecule has 0 saturated carbocycles. The van der Waals surface area contributed by atoms with Crippen LogP contribution in [0.25, 0.3) is 10.9 Å². The Balaban J connectivity index is 2.03. The fourth-order valence-electron chi connectivity index (χ4n) is 2.98. The summed E-state index contributed by atoms with van der Waals surface area (Å²) in [6.45, 7) is 6.83. The number of aromatic hydroxyl groups is 2. The van der Waals surface area contributed by atoms with Crippen LogP contribution in [0.4, 0.5) is 5.69 Å². The van der Waals surface area contributed by atoms with E-state index in [9.17, 15) is 15.0 Å². The molecule has 6 nitrogen and oxygen atoms in total. The summed E-state index contributed by atoms with van der Waals surface area (Å²) >= 11 is 3.27. The van der Waals surface area contributed by atoms with E-state index in [0.717, 1.165) is 22.9 Å². The van der Waals surface area contributed by atoms with Gasteiger partial charge in [0.2, 0.25) is 5.88 Å². The molecule has 1 amide bonds. The maximum atomic E-state index is 12.4. The van der Waals surface area contributed by atoms with E-state index in [2.05, 4.69) is 40.0 Å². The lowest BCUT2D eigenvalue weighted by atomic mass is 10.1. The van der Waals surface area contributed by atoms with Crippen molar-refractivity contribution in [3.05, 3.63) is 52.0 Å². The third-order valence-electron chi connectivity index (χ3n) is 4.53. The molecule has 0 aliphatic carbocycles. The first-order chi connectivity index (χ1) is 13.3. The predicted molar refractivity (Wildman–Crippen MR) is 112 cm³/mol. The molecule has 0 bridgehead atoms. The molecule has 0 saturated heterocycles. The standard InChI is InChI=1S/C21H22BrN3O3/c1-12(2)8-9-25-17-6-4-13(3)10-15(17)19(21(25)28)23-24-20(27)16-11-14(22)5-7-18(16)26/h4-7,10-12,26,28H,8-9H2,1-3H3. The summed E-state index contributed by atoms with van der Waals surface area (Å²) in [7, 11) is 0. The Morgan fingerprint density at radius 3 is 2.64 bits per heavy atom. The lowest BCUT2D eigenvalue weighted by molar-refractivity contribution is 0.0992. The Morgan fingerprint density at radius 2 is 1.93 bits per heavy atom. The number of carbonyl (C=O) groups is 1. The van der Waals surface area contributed by atoms with Crippen molar-refractivity contribution in [2.24, 2.45) is 16.1 Å². The smallest absolute Gasteiger partial charge is 0.299 e. The third-order valence-corrected chi connectivity index (χ3v) is 5.02. The lowest BCUT2D eigenvalue weighted by Gasteiger charge is -2.09. The first kappa shape index (κ1) is 20.1. The van der Waals surface area contributed by atoms with Crippen molar-refractivity contribution in [3.8, 4) is 11.6 Å². The number of hydrogen-bond donors (Lipinski definition) is 2. The van der Waals surface area contributed by atoms with E-state index in [1.165, 1.54) is 12.1 Å². The Bertz CT molecular complexity index is 1070. The zero-order valence-electron chi connectivity index (χ0n) is 16.0. The Kier molecular flexibility index (Phi) is 5.84. The highest BCUT2D eigenvalue weighted by atomic mass is 79.9. The molecule has 0 fully saturated rings. The van der Waals surface area contributed by atoms with Crippen LogP contribution in [0.2, 0.25) is 0 Å². The van der Waals surface area contributed by atoms with Gasteiger partial charge in [0.25, 0.3) is 5.91 Å². The van der Waals surface area contributed by atoms with Crippen LogP contribution in [-0.2, 0) is 6.54 Å². The van der Waals surface area contributed by atoms with Crippen LogP contribution in [-0.4, -0.2) is 20.7 Å². The van der Waals surface area contributed by atoms with E-state index >= 15 is 0 Å². The monoisotopic (exact) mass is 443 g/mol. The summed E-state index contributed by atoms with van der Waals surface area (Å²) in [6.07, 6.45) is 0.895. The zero-order valence-corrected chi connectivity index (χ0v) is 17.6. The summed E-state index contributed by atoms with van der Waals surface area (Å²) in [5.41, 5.74) is 2.15. The molecule has 0 spiro atoms. The highest BCUT2D eigenvalue weighted by Crippen LogP contribution is 2.40. The SMILES string of the molecule is Cc1ccc2c(c1)c(N=NC(=O)c1cc(Br)ccc1O)c(O)n2CCC(C)C. The number of phenols is 1. The van der Waals surface area contributed by atoms with Crippen molar-refractivity contribution in [3.63, 3.8) is 0 Å². The molecule has 146 valence electrons. The second kappa shape index (κ2) is 8.14. The second-order valence-electron chi connectivity index (χ2n) is 7.19. The van der Waals surface area contributed by atoms with Gasteiger partial charge in [-0.2, -0.15) is 0 Å². The zero-order chi connectivity index (χ0) is 20.4. The minimum atomic E-state index is -0.686. The summed E-state index contributed by atoms with van der Waals surface area (Å²) in [6, 6.07) is 10.3. The largest absolute Gasteiger partial charge is 0.507 e. The van der Waals surface area contributed by atoms with E-state index in [0.29, 0.717) is 16.9 Å². The molecule has 1 heterocycles. The topological polar surface area (TPSA) is 87.2 Å². The van der Waals surface area contributed by atoms with E-state index in [1.807, 2.05) is 25.1 Å². The molecule has 3 aromatic rings. The number of phenolic OH excluding ortho intramolecular Hbond substituents is 1. The molecule has 1 aromatic heterocycles. The number of fused-ring (bicyclic) bond motifs is 1. The second-order valence-corrected chi connectivity index (χ2v) is 8.11. The Labute approximate surface area is 171 Å². The predicted octanol–water partition coefficient (Wildman–Crippen LogP) is 6.09. The Morgan fingerprint density at radius 1 is 1.18 bits per heavy atom. The minimum absolute atomic E-state index is 0.0173. The van der Waals surface area contributed by atoms with Gasteiger partial charge in [-0.3, -0.25) is 4.79 Å². The first-order valence-electron chi connectivity index (χ1n) is 9.04. The van der Waals surface area contributed by atoms with Gasteiger partial charge < -0.3 is 14.8 Å². The maximum absolute atomic E-state index is 12.4. The third kappa shape index (κ3) is 4.09. The van der Waals surface area contributed by atoms with Gasteiger partial charge >= 0.3 is 0 Å². The van der Waals surface area contributed by atoms with Gasteiger partial charge in [-0.15, -0.1) is 10.2 Å². The van der Waals surface area contributed by atoms with Crippen molar-refractivity contribution in [1.29, 1.82) is 0 Å². The van der Waals surface area contributed by atoms with Gasteiger partial charge in [0, 0.05) is 16.4 Å². The molecular weight excluding hydrogens is 422 g/mol. The van der Waals surface area contributed by atoms with Gasteiger partial charge in [-0.05, 0) is 49.6 Å². The number of nitrogens with zero attached hydrogens (tertiary/aromatic N) is 3. The fourth-order valence-corrected chi connectivity index (χ4v) is 3.34. The molecule has 0 aliphatic heterocycles. The van der Waals surface area contributed by atoms with E-state index < -0.39 is 5.91 Å². The van der Waals surface area contributed by atoms with Crippen molar-refractivity contribution >= 4 is 38.4 Å². The molecule has 7 heteroatoms. The molecule has 0 aliphatic rings. The fraction of sp³-hybridized carbons (Fsp3) is 0.286. The highest BCUT2D eigenvalue weighted by Gasteiger charge is 2.18. The Hall–Kier alpha value is -2.67. The van der Waals surface area contributed by atoms with Gasteiger partial charge in [0.05, 0.1) is 11.1 Å². The molecular formula is C21H22BrN3O3. The number of aromatic nitrogens is 1. The van der Waals surface area contributed by atoms with Crippen molar-refractivity contribution < 1.29 is 15.0 Å².